The molecule has 0 aliphatic heterocycles. The molecule has 4 aromatic carbocycles. The molecule has 0 unspecified atom stereocenters. The van der Waals surface area contributed by atoms with Crippen LogP contribution in [0.1, 0.15) is 26.3 Å². The lowest BCUT2D eigenvalue weighted by Crippen LogP contribution is -2.25. The minimum absolute atomic E-state index is 0.0666. The van der Waals surface area contributed by atoms with Crippen LogP contribution in [0.25, 0.3) is 0 Å². The van der Waals surface area contributed by atoms with Crippen molar-refractivity contribution in [1.29, 1.82) is 0 Å². The number of benzene rings is 4. The number of amides is 2. The minimum atomic E-state index is -4.02. The summed E-state index contributed by atoms with van der Waals surface area (Å²) in [5, 5.41) is 12.4. The third-order valence-electron chi connectivity index (χ3n) is 7.55. The van der Waals surface area contributed by atoms with Crippen LogP contribution in [0.3, 0.4) is 0 Å². The number of aryl methyl sites for hydroxylation is 3. The lowest BCUT2D eigenvalue weighted by Gasteiger charge is -2.10. The Morgan fingerprint density at radius 2 is 0.804 bits per heavy atom. The van der Waals surface area contributed by atoms with Crippen molar-refractivity contribution in [3.63, 3.8) is 0 Å². The van der Waals surface area contributed by atoms with Crippen LogP contribution in [0.4, 0.5) is 34.1 Å². The van der Waals surface area contributed by atoms with E-state index in [0.717, 1.165) is 28.3 Å². The van der Waals surface area contributed by atoms with E-state index in [1.54, 1.807) is 36.4 Å². The normalized spacial score (nSPS) is 10.7. The topological polar surface area (TPSA) is 144 Å². The summed E-state index contributed by atoms with van der Waals surface area (Å²) in [4.78, 5) is 25.4. The molecular weight excluding hydrogens is 665 g/mol. The minimum Gasteiger partial charge on any atom is -0.355 e. The zero-order chi connectivity index (χ0) is 36.4. The molecule has 258 valence electrons. The number of aromatic nitrogens is 2. The van der Waals surface area contributed by atoms with Crippen LogP contribution in [0, 0.1) is 6.92 Å². The highest BCUT2D eigenvalue weighted by molar-refractivity contribution is 7.85. The van der Waals surface area contributed by atoms with Crippen LogP contribution in [-0.4, -0.2) is 24.8 Å². The van der Waals surface area contributed by atoms with Gasteiger partial charge in [-0.3, -0.25) is 14.1 Å². The van der Waals surface area contributed by atoms with Gasteiger partial charge in [-0.05, 0) is 91.9 Å². The number of rotatable bonds is 9. The fourth-order valence-electron chi connectivity index (χ4n) is 4.67. The first-order chi connectivity index (χ1) is 24.4. The molecule has 6 aromatic rings. The Hall–Kier alpha value is -6.37. The maximum Gasteiger partial charge on any atom is 0.294 e. The van der Waals surface area contributed by atoms with Crippen molar-refractivity contribution in [3.8, 4) is 0 Å². The van der Waals surface area contributed by atoms with Crippen molar-refractivity contribution in [2.24, 2.45) is 14.1 Å². The summed E-state index contributed by atoms with van der Waals surface area (Å²) in [6, 6.07) is 35.5. The van der Waals surface area contributed by atoms with E-state index < -0.39 is 10.1 Å². The maximum atomic E-state index is 12.7. The van der Waals surface area contributed by atoms with Crippen molar-refractivity contribution in [2.75, 3.05) is 21.3 Å². The zero-order valence-electron chi connectivity index (χ0n) is 28.2. The number of hydrogen-bond acceptors (Lipinski definition) is 6. The molecule has 0 aliphatic rings. The third kappa shape index (κ3) is 10.8. The van der Waals surface area contributed by atoms with Gasteiger partial charge in [0.1, 0.15) is 14.1 Å². The molecule has 0 saturated carbocycles. The molecule has 11 nitrogen and oxygen atoms in total. The Labute approximate surface area is 297 Å². The fraction of sp³-hybridized carbons (Fsp3) is 0.0769. The molecule has 51 heavy (non-hydrogen) atoms. The summed E-state index contributed by atoms with van der Waals surface area (Å²) in [6.45, 7) is 1.84. The van der Waals surface area contributed by atoms with Gasteiger partial charge in [0.15, 0.2) is 24.8 Å². The molecule has 0 atom stereocenters. The Balaban J connectivity index is 0.000000392. The van der Waals surface area contributed by atoms with Crippen LogP contribution in [0.2, 0.25) is 0 Å². The number of pyridine rings is 2. The van der Waals surface area contributed by atoms with E-state index in [1.807, 2.05) is 128 Å². The molecule has 0 aliphatic carbocycles. The maximum absolute atomic E-state index is 12.7. The van der Waals surface area contributed by atoms with Crippen LogP contribution in [0.15, 0.2) is 151 Å². The van der Waals surface area contributed by atoms with Gasteiger partial charge >= 0.3 is 0 Å². The third-order valence-corrected chi connectivity index (χ3v) is 8.42. The number of carbonyl (C=O) groups is 2. The summed E-state index contributed by atoms with van der Waals surface area (Å²) in [5.74, 6) is -0.503. The number of anilines is 6. The van der Waals surface area contributed by atoms with Gasteiger partial charge < -0.3 is 21.3 Å². The largest absolute Gasteiger partial charge is 0.355 e. The second kappa shape index (κ2) is 16.4. The van der Waals surface area contributed by atoms with E-state index in [1.165, 1.54) is 12.1 Å². The van der Waals surface area contributed by atoms with Gasteiger partial charge in [0, 0.05) is 58.1 Å². The molecule has 2 aromatic heterocycles. The molecule has 5 N–H and O–H groups in total. The Morgan fingerprint density at radius 3 is 1.14 bits per heavy atom. The summed E-state index contributed by atoms with van der Waals surface area (Å²) in [7, 11) is -0.0858. The van der Waals surface area contributed by atoms with Crippen molar-refractivity contribution in [2.45, 2.75) is 11.8 Å². The van der Waals surface area contributed by atoms with Crippen LogP contribution in [0.5, 0.6) is 0 Å². The molecule has 0 saturated heterocycles. The van der Waals surface area contributed by atoms with E-state index in [0.29, 0.717) is 22.5 Å². The Bertz CT molecular complexity index is 2070. The smallest absolute Gasteiger partial charge is 0.294 e. The van der Waals surface area contributed by atoms with E-state index in [9.17, 15) is 18.0 Å². The number of nitrogens with one attached hydrogen (secondary N) is 4. The second-order valence-electron chi connectivity index (χ2n) is 11.7. The second-order valence-corrected chi connectivity index (χ2v) is 13.1. The van der Waals surface area contributed by atoms with Gasteiger partial charge in [0.25, 0.3) is 21.9 Å². The number of nitrogens with zero attached hydrogens (tertiary/aromatic N) is 2. The molecule has 2 heterocycles. The predicted molar refractivity (Wildman–Crippen MR) is 198 cm³/mol. The summed E-state index contributed by atoms with van der Waals surface area (Å²) < 4.78 is 33.5. The fourth-order valence-corrected chi connectivity index (χ4v) is 5.15. The molecule has 0 radical (unpaired) electrons. The summed E-state index contributed by atoms with van der Waals surface area (Å²) in [5.41, 5.74) is 7.01. The first-order valence-corrected chi connectivity index (χ1v) is 17.3. The monoisotopic (exact) mass is 702 g/mol. The van der Waals surface area contributed by atoms with Crippen molar-refractivity contribution >= 4 is 56.1 Å². The van der Waals surface area contributed by atoms with Crippen LogP contribution < -0.4 is 30.4 Å². The average molecular weight is 703 g/mol. The molecular formula is C39H38N6O5S+2. The van der Waals surface area contributed by atoms with Gasteiger partial charge in [0.05, 0.1) is 16.3 Å². The quantitative estimate of drug-likeness (QED) is 0.0847. The highest BCUT2D eigenvalue weighted by Crippen LogP contribution is 2.21. The van der Waals surface area contributed by atoms with E-state index in [2.05, 4.69) is 21.3 Å². The lowest BCUT2D eigenvalue weighted by atomic mass is 10.1. The lowest BCUT2D eigenvalue weighted by molar-refractivity contribution is -0.671. The van der Waals surface area contributed by atoms with Gasteiger partial charge in [-0.25, -0.2) is 9.13 Å². The highest BCUT2D eigenvalue weighted by Gasteiger charge is 2.11. The molecule has 6 rings (SSSR count). The highest BCUT2D eigenvalue weighted by atomic mass is 32.2. The van der Waals surface area contributed by atoms with Gasteiger partial charge in [-0.15, -0.1) is 0 Å². The zero-order valence-corrected chi connectivity index (χ0v) is 29.1. The summed E-state index contributed by atoms with van der Waals surface area (Å²) >= 11 is 0. The van der Waals surface area contributed by atoms with E-state index in [4.69, 9.17) is 4.55 Å². The Kier molecular flexibility index (Phi) is 11.5. The standard InChI is InChI=1S/C32H28N6O2.C7H8O3S/c1-37-19-15-29(16-20-37)33-25-7-11-27(12-8-25)35-31(39)23-3-5-24(6-4-23)32(40)36-28-13-9-26(10-14-28)34-30-17-21-38(2)22-18-30;1-6-2-4-7(5-3-6)11(8,9)10/h3-22H,1-2H3,(H2,35,36,39,40);2-5H,1H3,(H,8,9,10)/p+2. The average Bonchev–Trinajstić information content (AvgIpc) is 3.12. The molecule has 12 heteroatoms. The van der Waals surface area contributed by atoms with Gasteiger partial charge in [-0.2, -0.15) is 8.42 Å². The molecule has 0 bridgehead atoms. The van der Waals surface area contributed by atoms with E-state index in [-0.39, 0.29) is 16.7 Å². The van der Waals surface area contributed by atoms with E-state index >= 15 is 0 Å². The first kappa shape index (κ1) is 35.9. The van der Waals surface area contributed by atoms with Gasteiger partial charge in [-0.1, -0.05) is 17.7 Å². The SMILES string of the molecule is C[n+]1ccc(Nc2ccc(NC(=O)c3ccc(C(=O)Nc4ccc(Nc5cc[n+](C)cc5)cc4)cc3)cc2)cc1.Cc1ccc(S(=O)(=O)O)cc1. The van der Waals surface area contributed by atoms with Crippen LogP contribution >= 0.6 is 0 Å². The number of carbonyl (C=O) groups excluding carboxylic acids is 2. The van der Waals surface area contributed by atoms with Crippen LogP contribution in [-0.2, 0) is 24.2 Å². The first-order valence-electron chi connectivity index (χ1n) is 15.8. The van der Waals surface area contributed by atoms with Crippen molar-refractivity contribution in [3.05, 3.63) is 163 Å². The molecule has 2 amide bonds. The Morgan fingerprint density at radius 1 is 0.490 bits per heavy atom. The van der Waals surface area contributed by atoms with Crippen molar-refractivity contribution in [1.82, 2.24) is 0 Å². The molecule has 0 spiro atoms. The van der Waals surface area contributed by atoms with Gasteiger partial charge in [0.2, 0.25) is 0 Å². The summed E-state index contributed by atoms with van der Waals surface area (Å²) in [6.07, 6.45) is 7.86. The van der Waals surface area contributed by atoms with Crippen molar-refractivity contribution < 1.29 is 31.7 Å². The number of hydrogen-bond donors (Lipinski definition) is 5. The predicted octanol–water partition coefficient (Wildman–Crippen LogP) is 6.57. The molecule has 0 fully saturated rings.